The van der Waals surface area contributed by atoms with Gasteiger partial charge in [0.15, 0.2) is 0 Å². The van der Waals surface area contributed by atoms with Crippen LogP contribution in [0.4, 0.5) is 14.4 Å². The van der Waals surface area contributed by atoms with Gasteiger partial charge in [0, 0.05) is 19.6 Å². The molecule has 11 heteroatoms. The molecule has 180 valence electrons. The van der Waals surface area contributed by atoms with Crippen LogP contribution in [0, 0.1) is 5.41 Å². The number of hydrogen-bond acceptors (Lipinski definition) is 7. The Labute approximate surface area is 183 Å². The molecule has 4 N–H and O–H groups in total. The van der Waals surface area contributed by atoms with E-state index in [1.807, 2.05) is 0 Å². The van der Waals surface area contributed by atoms with Gasteiger partial charge >= 0.3 is 24.2 Å². The second kappa shape index (κ2) is 10.5. The molecule has 0 aromatic carbocycles. The summed E-state index contributed by atoms with van der Waals surface area (Å²) in [6, 6.07) is 0. The number of ether oxygens (including phenoxy) is 3. The van der Waals surface area contributed by atoms with Crippen LogP contribution >= 0.6 is 0 Å². The zero-order chi connectivity index (χ0) is 24.7. The Morgan fingerprint density at radius 1 is 0.581 bits per heavy atom. The van der Waals surface area contributed by atoms with Crippen LogP contribution in [0.1, 0.15) is 62.3 Å². The topological polar surface area (TPSA) is 152 Å². The fourth-order valence-electron chi connectivity index (χ4n) is 2.08. The Morgan fingerprint density at radius 2 is 0.806 bits per heavy atom. The molecule has 11 nitrogen and oxygen atoms in total. The summed E-state index contributed by atoms with van der Waals surface area (Å²) in [6.07, 6.45) is -2.52. The summed E-state index contributed by atoms with van der Waals surface area (Å²) in [6.45, 7) is 13.6. The van der Waals surface area contributed by atoms with Crippen molar-refractivity contribution in [2.24, 2.45) is 5.41 Å². The molecular weight excluding hydrogens is 410 g/mol. The fourth-order valence-corrected chi connectivity index (χ4v) is 2.08. The minimum atomic E-state index is -1.80. The molecule has 0 atom stereocenters. The summed E-state index contributed by atoms with van der Waals surface area (Å²) in [5.41, 5.74) is -4.18. The molecular formula is C20H37N3O8. The molecule has 3 amide bonds. The van der Waals surface area contributed by atoms with E-state index in [2.05, 4.69) is 16.0 Å². The van der Waals surface area contributed by atoms with Crippen LogP contribution in [-0.4, -0.2) is 65.8 Å². The van der Waals surface area contributed by atoms with Crippen molar-refractivity contribution in [3.63, 3.8) is 0 Å². The molecule has 31 heavy (non-hydrogen) atoms. The summed E-state index contributed by atoms with van der Waals surface area (Å²) < 4.78 is 15.4. The van der Waals surface area contributed by atoms with E-state index in [9.17, 15) is 24.3 Å². The molecule has 0 aromatic rings. The minimum Gasteiger partial charge on any atom is -0.481 e. The third-order valence-corrected chi connectivity index (χ3v) is 3.36. The number of carbonyl (C=O) groups excluding carboxylic acids is 3. The molecule has 0 unspecified atom stereocenters. The van der Waals surface area contributed by atoms with Crippen molar-refractivity contribution in [2.75, 3.05) is 19.6 Å². The summed E-state index contributed by atoms with van der Waals surface area (Å²) in [4.78, 5) is 48.2. The van der Waals surface area contributed by atoms with Gasteiger partial charge in [0.25, 0.3) is 0 Å². The highest BCUT2D eigenvalue weighted by molar-refractivity contribution is 5.79. The summed E-state index contributed by atoms with van der Waals surface area (Å²) in [5, 5.41) is 17.0. The summed E-state index contributed by atoms with van der Waals surface area (Å²) in [5.74, 6) is -1.37. The van der Waals surface area contributed by atoms with Gasteiger partial charge in [0.2, 0.25) is 0 Å². The van der Waals surface area contributed by atoms with E-state index < -0.39 is 66.1 Å². The van der Waals surface area contributed by atoms with E-state index >= 15 is 0 Å². The van der Waals surface area contributed by atoms with Gasteiger partial charge in [0.1, 0.15) is 22.2 Å². The molecule has 0 fully saturated rings. The van der Waals surface area contributed by atoms with Gasteiger partial charge in [-0.05, 0) is 62.3 Å². The van der Waals surface area contributed by atoms with Crippen molar-refractivity contribution < 1.29 is 38.5 Å². The molecule has 0 aliphatic heterocycles. The predicted octanol–water partition coefficient (Wildman–Crippen LogP) is 2.63. The highest BCUT2D eigenvalue weighted by atomic mass is 16.6. The smallest absolute Gasteiger partial charge is 0.407 e. The molecule has 0 saturated carbocycles. The molecule has 0 aliphatic carbocycles. The number of hydrogen-bond donors (Lipinski definition) is 4. The van der Waals surface area contributed by atoms with Gasteiger partial charge in [-0.15, -0.1) is 0 Å². The fraction of sp³-hybridized carbons (Fsp3) is 0.800. The second-order valence-electron chi connectivity index (χ2n) is 10.2. The number of aliphatic carboxylic acids is 1. The first-order valence-corrected chi connectivity index (χ1v) is 9.89. The summed E-state index contributed by atoms with van der Waals surface area (Å²) >= 11 is 0. The summed E-state index contributed by atoms with van der Waals surface area (Å²) in [7, 11) is 0. The minimum absolute atomic E-state index is 0.442. The van der Waals surface area contributed by atoms with Crippen LogP contribution in [-0.2, 0) is 19.0 Å². The molecule has 0 spiro atoms. The molecule has 0 aromatic heterocycles. The van der Waals surface area contributed by atoms with E-state index in [1.165, 1.54) is 0 Å². The third kappa shape index (κ3) is 13.2. The predicted molar refractivity (Wildman–Crippen MR) is 113 cm³/mol. The van der Waals surface area contributed by atoms with Crippen LogP contribution in [0.2, 0.25) is 0 Å². The number of amides is 3. The van der Waals surface area contributed by atoms with Crippen LogP contribution in [0.3, 0.4) is 0 Å². The number of carboxylic acid groups (broad SMARTS) is 1. The molecule has 0 heterocycles. The zero-order valence-corrected chi connectivity index (χ0v) is 19.9. The van der Waals surface area contributed by atoms with Crippen molar-refractivity contribution in [1.82, 2.24) is 16.0 Å². The van der Waals surface area contributed by atoms with Gasteiger partial charge in [0.05, 0.1) is 0 Å². The molecule has 0 saturated heterocycles. The van der Waals surface area contributed by atoms with Gasteiger partial charge in [-0.25, -0.2) is 14.4 Å². The lowest BCUT2D eigenvalue weighted by atomic mass is 9.87. The van der Waals surface area contributed by atoms with E-state index in [1.54, 1.807) is 62.3 Å². The van der Waals surface area contributed by atoms with Crippen molar-refractivity contribution >= 4 is 24.2 Å². The number of rotatable bonds is 7. The quantitative estimate of drug-likeness (QED) is 0.435. The maximum absolute atomic E-state index is 12.1. The van der Waals surface area contributed by atoms with E-state index in [-0.39, 0.29) is 0 Å². The van der Waals surface area contributed by atoms with Crippen molar-refractivity contribution in [1.29, 1.82) is 0 Å². The lowest BCUT2D eigenvalue weighted by Gasteiger charge is -2.31. The standard InChI is InChI=1S/C20H37N3O8/c1-17(2,3)29-14(26)21-10-20(13(24)25,11-22-15(27)30-18(4,5)6)12-23-16(28)31-19(7,8)9/h10-12H2,1-9H3,(H,21,26)(H,22,27)(H,23,28)(H,24,25). The average Bonchev–Trinajstić information content (AvgIpc) is 2.49. The number of carbonyl (C=O) groups is 4. The van der Waals surface area contributed by atoms with E-state index in [0.717, 1.165) is 0 Å². The normalized spacial score (nSPS) is 12.4. The first-order valence-electron chi connectivity index (χ1n) is 9.89. The van der Waals surface area contributed by atoms with Crippen LogP contribution in [0.15, 0.2) is 0 Å². The Balaban J connectivity index is 5.45. The average molecular weight is 448 g/mol. The molecule has 0 radical (unpaired) electrons. The number of alkyl carbamates (subject to hydrolysis) is 3. The van der Waals surface area contributed by atoms with Gasteiger partial charge < -0.3 is 35.3 Å². The maximum atomic E-state index is 12.1. The first kappa shape index (κ1) is 28.3. The Morgan fingerprint density at radius 3 is 0.968 bits per heavy atom. The Kier molecular flexibility index (Phi) is 9.61. The van der Waals surface area contributed by atoms with Gasteiger partial charge in [-0.2, -0.15) is 0 Å². The van der Waals surface area contributed by atoms with Crippen molar-refractivity contribution in [3.8, 4) is 0 Å². The van der Waals surface area contributed by atoms with Crippen LogP contribution in [0.25, 0.3) is 0 Å². The maximum Gasteiger partial charge on any atom is 0.407 e. The largest absolute Gasteiger partial charge is 0.481 e. The van der Waals surface area contributed by atoms with E-state index in [0.29, 0.717) is 0 Å². The number of nitrogens with one attached hydrogen (secondary N) is 3. The highest BCUT2D eigenvalue weighted by Gasteiger charge is 2.41. The SMILES string of the molecule is CC(C)(C)OC(=O)NCC(CNC(=O)OC(C)(C)C)(CNC(=O)OC(C)(C)C)C(=O)O. The van der Waals surface area contributed by atoms with Gasteiger partial charge in [-0.3, -0.25) is 4.79 Å². The molecule has 0 aliphatic rings. The van der Waals surface area contributed by atoms with E-state index in [4.69, 9.17) is 14.2 Å². The zero-order valence-electron chi connectivity index (χ0n) is 19.9. The first-order chi connectivity index (χ1) is 13.7. The van der Waals surface area contributed by atoms with Crippen LogP contribution in [0.5, 0.6) is 0 Å². The Hall–Kier alpha value is -2.72. The second-order valence-corrected chi connectivity index (χ2v) is 10.2. The van der Waals surface area contributed by atoms with Crippen molar-refractivity contribution in [3.05, 3.63) is 0 Å². The molecule has 0 bridgehead atoms. The highest BCUT2D eigenvalue weighted by Crippen LogP contribution is 2.17. The Bertz CT molecular complexity index is 578. The van der Waals surface area contributed by atoms with Gasteiger partial charge in [-0.1, -0.05) is 0 Å². The lowest BCUT2D eigenvalue weighted by molar-refractivity contribution is -0.148. The monoisotopic (exact) mass is 447 g/mol. The third-order valence-electron chi connectivity index (χ3n) is 3.36. The lowest BCUT2D eigenvalue weighted by Crippen LogP contribution is -2.56. The van der Waals surface area contributed by atoms with Crippen LogP contribution < -0.4 is 16.0 Å². The molecule has 0 rings (SSSR count). The van der Waals surface area contributed by atoms with Crippen molar-refractivity contribution in [2.45, 2.75) is 79.1 Å². The number of carboxylic acids is 1.